The summed E-state index contributed by atoms with van der Waals surface area (Å²) >= 11 is 0. The minimum absolute atomic E-state index is 0.0395. The molecule has 1 rings (SSSR count). The molecule has 0 aliphatic carbocycles. The molecule has 6 nitrogen and oxygen atoms in total. The van der Waals surface area contributed by atoms with Gasteiger partial charge in [-0.1, -0.05) is 0 Å². The number of aliphatic hydroxyl groups is 1. The van der Waals surface area contributed by atoms with Crippen molar-refractivity contribution >= 4 is 0 Å². The lowest BCUT2D eigenvalue weighted by Gasteiger charge is -2.43. The molecule has 0 aromatic heterocycles. The first-order valence-electron chi connectivity index (χ1n) is 6.08. The summed E-state index contributed by atoms with van der Waals surface area (Å²) in [6.07, 6.45) is -2.80. The molecule has 18 heavy (non-hydrogen) atoms. The Balaban J connectivity index is 2.82. The smallest absolute Gasteiger partial charge is 0.184 e. The SMILES string of the molecule is COC[C@H]1O[C@@H](O)[C@H](OC(C)C)[C@@H](OC)[C@@H]1OC. The highest BCUT2D eigenvalue weighted by molar-refractivity contribution is 4.92. The second-order valence-corrected chi connectivity index (χ2v) is 4.57. The van der Waals surface area contributed by atoms with Gasteiger partial charge in [-0.3, -0.25) is 0 Å². The molecule has 0 saturated carbocycles. The van der Waals surface area contributed by atoms with Crippen molar-refractivity contribution in [2.45, 2.75) is 50.7 Å². The number of aliphatic hydroxyl groups excluding tert-OH is 1. The quantitative estimate of drug-likeness (QED) is 0.738. The lowest BCUT2D eigenvalue weighted by atomic mass is 9.98. The van der Waals surface area contributed by atoms with E-state index < -0.39 is 18.5 Å². The van der Waals surface area contributed by atoms with Gasteiger partial charge in [-0.05, 0) is 13.8 Å². The van der Waals surface area contributed by atoms with Crippen LogP contribution in [0.2, 0.25) is 0 Å². The van der Waals surface area contributed by atoms with Gasteiger partial charge in [0.1, 0.15) is 24.4 Å². The molecule has 1 N–H and O–H groups in total. The van der Waals surface area contributed by atoms with Gasteiger partial charge in [0.05, 0.1) is 12.7 Å². The van der Waals surface area contributed by atoms with Crippen LogP contribution in [0.3, 0.4) is 0 Å². The zero-order valence-electron chi connectivity index (χ0n) is 11.7. The molecule has 6 heteroatoms. The molecule has 1 fully saturated rings. The van der Waals surface area contributed by atoms with Gasteiger partial charge in [0.2, 0.25) is 0 Å². The number of rotatable bonds is 6. The highest BCUT2D eigenvalue weighted by Gasteiger charge is 2.47. The fourth-order valence-electron chi connectivity index (χ4n) is 2.21. The molecular weight excluding hydrogens is 240 g/mol. The third kappa shape index (κ3) is 3.63. The Morgan fingerprint density at radius 3 is 2.11 bits per heavy atom. The summed E-state index contributed by atoms with van der Waals surface area (Å²) in [5.74, 6) is 0. The maximum Gasteiger partial charge on any atom is 0.184 e. The molecular formula is C12H24O6. The zero-order chi connectivity index (χ0) is 13.7. The van der Waals surface area contributed by atoms with Crippen LogP contribution in [0, 0.1) is 0 Å². The normalized spacial score (nSPS) is 37.2. The van der Waals surface area contributed by atoms with E-state index >= 15 is 0 Å². The highest BCUT2D eigenvalue weighted by atomic mass is 16.7. The van der Waals surface area contributed by atoms with Gasteiger partial charge in [-0.2, -0.15) is 0 Å². The van der Waals surface area contributed by atoms with E-state index in [0.29, 0.717) is 6.61 Å². The molecule has 0 spiro atoms. The Hall–Kier alpha value is -0.240. The standard InChI is InChI=1S/C12H24O6/c1-7(2)17-11-10(16-5)9(15-4)8(6-14-3)18-12(11)13/h7-13H,6H2,1-5H3/t8-,9-,10+,11-,12-/m1/s1. The Morgan fingerprint density at radius 1 is 1.06 bits per heavy atom. The van der Waals surface area contributed by atoms with Crippen LogP contribution in [-0.2, 0) is 23.7 Å². The maximum atomic E-state index is 9.99. The third-order valence-electron chi connectivity index (χ3n) is 2.91. The molecule has 0 unspecified atom stereocenters. The molecule has 108 valence electrons. The van der Waals surface area contributed by atoms with Crippen LogP contribution in [0.25, 0.3) is 0 Å². The first-order chi connectivity index (χ1) is 8.54. The van der Waals surface area contributed by atoms with Crippen LogP contribution in [-0.4, -0.2) is 69.9 Å². The van der Waals surface area contributed by atoms with E-state index in [4.69, 9.17) is 23.7 Å². The van der Waals surface area contributed by atoms with Gasteiger partial charge in [-0.25, -0.2) is 0 Å². The maximum absolute atomic E-state index is 9.99. The summed E-state index contributed by atoms with van der Waals surface area (Å²) in [5, 5.41) is 9.99. The van der Waals surface area contributed by atoms with E-state index in [1.165, 1.54) is 0 Å². The van der Waals surface area contributed by atoms with Gasteiger partial charge in [-0.15, -0.1) is 0 Å². The van der Waals surface area contributed by atoms with Crippen LogP contribution in [0.5, 0.6) is 0 Å². The first-order valence-corrected chi connectivity index (χ1v) is 6.08. The van der Waals surface area contributed by atoms with Gasteiger partial charge < -0.3 is 28.8 Å². The lowest BCUT2D eigenvalue weighted by molar-refractivity contribution is -0.309. The van der Waals surface area contributed by atoms with E-state index in [9.17, 15) is 5.11 Å². The molecule has 0 radical (unpaired) electrons. The van der Waals surface area contributed by atoms with Crippen LogP contribution in [0.15, 0.2) is 0 Å². The third-order valence-corrected chi connectivity index (χ3v) is 2.91. The lowest BCUT2D eigenvalue weighted by Crippen LogP contribution is -2.61. The van der Waals surface area contributed by atoms with Gasteiger partial charge in [0, 0.05) is 21.3 Å². The fraction of sp³-hybridized carbons (Fsp3) is 1.00. The summed E-state index contributed by atoms with van der Waals surface area (Å²) in [4.78, 5) is 0. The van der Waals surface area contributed by atoms with E-state index in [1.54, 1.807) is 21.3 Å². The number of hydrogen-bond donors (Lipinski definition) is 1. The molecule has 1 saturated heterocycles. The van der Waals surface area contributed by atoms with Crippen molar-refractivity contribution in [2.75, 3.05) is 27.9 Å². The zero-order valence-corrected chi connectivity index (χ0v) is 11.7. The summed E-state index contributed by atoms with van der Waals surface area (Å²) in [6.45, 7) is 4.11. The number of methoxy groups -OCH3 is 3. The fourth-order valence-corrected chi connectivity index (χ4v) is 2.21. The Bertz CT molecular complexity index is 235. The molecule has 0 bridgehead atoms. The largest absolute Gasteiger partial charge is 0.382 e. The minimum atomic E-state index is -1.05. The molecule has 1 heterocycles. The van der Waals surface area contributed by atoms with Crippen LogP contribution in [0.4, 0.5) is 0 Å². The highest BCUT2D eigenvalue weighted by Crippen LogP contribution is 2.27. The number of ether oxygens (including phenoxy) is 5. The molecule has 5 atom stereocenters. The second kappa shape index (κ2) is 7.37. The van der Waals surface area contributed by atoms with E-state index in [1.807, 2.05) is 13.8 Å². The molecule has 1 aliphatic heterocycles. The van der Waals surface area contributed by atoms with Crippen LogP contribution < -0.4 is 0 Å². The minimum Gasteiger partial charge on any atom is -0.382 e. The second-order valence-electron chi connectivity index (χ2n) is 4.57. The van der Waals surface area contributed by atoms with Crippen molar-refractivity contribution in [1.29, 1.82) is 0 Å². The molecule has 1 aliphatic rings. The van der Waals surface area contributed by atoms with Crippen LogP contribution >= 0.6 is 0 Å². The van der Waals surface area contributed by atoms with Gasteiger partial charge in [0.15, 0.2) is 6.29 Å². The molecule has 0 aromatic rings. The first kappa shape index (κ1) is 15.8. The predicted molar refractivity (Wildman–Crippen MR) is 64.4 cm³/mol. The monoisotopic (exact) mass is 264 g/mol. The Labute approximate surface area is 108 Å². The summed E-state index contributed by atoms with van der Waals surface area (Å²) in [7, 11) is 4.71. The predicted octanol–water partition coefficient (Wildman–Crippen LogP) is 0.174. The van der Waals surface area contributed by atoms with E-state index in [0.717, 1.165) is 0 Å². The number of hydrogen-bond acceptors (Lipinski definition) is 6. The van der Waals surface area contributed by atoms with Crippen molar-refractivity contribution in [3.63, 3.8) is 0 Å². The average molecular weight is 264 g/mol. The molecule has 0 aromatic carbocycles. The Morgan fingerprint density at radius 2 is 1.67 bits per heavy atom. The van der Waals surface area contributed by atoms with Crippen molar-refractivity contribution in [2.24, 2.45) is 0 Å². The Kier molecular flexibility index (Phi) is 6.48. The van der Waals surface area contributed by atoms with Gasteiger partial charge >= 0.3 is 0 Å². The van der Waals surface area contributed by atoms with Crippen LogP contribution in [0.1, 0.15) is 13.8 Å². The van der Waals surface area contributed by atoms with E-state index in [-0.39, 0.29) is 18.3 Å². The topological polar surface area (TPSA) is 66.4 Å². The van der Waals surface area contributed by atoms with Crippen molar-refractivity contribution in [3.05, 3.63) is 0 Å². The van der Waals surface area contributed by atoms with Crippen molar-refractivity contribution in [3.8, 4) is 0 Å². The van der Waals surface area contributed by atoms with E-state index in [2.05, 4.69) is 0 Å². The average Bonchev–Trinajstić information content (AvgIpc) is 2.31. The van der Waals surface area contributed by atoms with Crippen molar-refractivity contribution in [1.82, 2.24) is 0 Å². The van der Waals surface area contributed by atoms with Gasteiger partial charge in [0.25, 0.3) is 0 Å². The van der Waals surface area contributed by atoms with Crippen molar-refractivity contribution < 1.29 is 28.8 Å². The summed E-state index contributed by atoms with van der Waals surface area (Å²) in [5.41, 5.74) is 0. The molecule has 0 amide bonds. The summed E-state index contributed by atoms with van der Waals surface area (Å²) in [6, 6.07) is 0. The summed E-state index contributed by atoms with van der Waals surface area (Å²) < 4.78 is 27.0.